The van der Waals surface area contributed by atoms with Crippen molar-refractivity contribution in [3.63, 3.8) is 0 Å². The molecule has 1 heterocycles. The number of hydrogen-bond acceptors (Lipinski definition) is 4. The van der Waals surface area contributed by atoms with Gasteiger partial charge in [-0.2, -0.15) is 0 Å². The minimum Gasteiger partial charge on any atom is -0.374 e. The van der Waals surface area contributed by atoms with Crippen LogP contribution in [0, 0.1) is 6.92 Å². The maximum atomic E-state index is 11.9. The summed E-state index contributed by atoms with van der Waals surface area (Å²) >= 11 is 0. The number of rotatable bonds is 6. The van der Waals surface area contributed by atoms with Crippen LogP contribution in [0.3, 0.4) is 0 Å². The third-order valence-electron chi connectivity index (χ3n) is 2.89. The number of hydrogen-bond donors (Lipinski definition) is 1. The van der Waals surface area contributed by atoms with Crippen molar-refractivity contribution in [3.8, 4) is 0 Å². The summed E-state index contributed by atoms with van der Waals surface area (Å²) in [4.78, 5) is 11.9. The number of benzene rings is 1. The summed E-state index contributed by atoms with van der Waals surface area (Å²) in [6.45, 7) is 6.78. The van der Waals surface area contributed by atoms with Crippen molar-refractivity contribution in [2.24, 2.45) is 0 Å². The van der Waals surface area contributed by atoms with Gasteiger partial charge >= 0.3 is 0 Å². The van der Waals surface area contributed by atoms with E-state index in [2.05, 4.69) is 10.5 Å². The molecule has 5 heteroatoms. The first-order valence-electron chi connectivity index (χ1n) is 6.95. The maximum absolute atomic E-state index is 11.9. The van der Waals surface area contributed by atoms with Gasteiger partial charge in [-0.05, 0) is 31.9 Å². The lowest BCUT2D eigenvalue weighted by Gasteiger charge is -2.09. The van der Waals surface area contributed by atoms with Gasteiger partial charge in [0.2, 0.25) is 0 Å². The average molecular weight is 288 g/mol. The molecule has 0 aliphatic carbocycles. The van der Waals surface area contributed by atoms with E-state index in [4.69, 9.17) is 9.26 Å². The normalized spacial score (nSPS) is 10.9. The Morgan fingerprint density at radius 1 is 1.33 bits per heavy atom. The van der Waals surface area contributed by atoms with E-state index in [1.54, 1.807) is 13.0 Å². The molecule has 1 N–H and O–H groups in total. The van der Waals surface area contributed by atoms with Crippen LogP contribution in [0.15, 0.2) is 34.9 Å². The summed E-state index contributed by atoms with van der Waals surface area (Å²) in [6.07, 6.45) is 0.198. The molecular weight excluding hydrogens is 268 g/mol. The molecule has 2 aromatic rings. The van der Waals surface area contributed by atoms with Crippen molar-refractivity contribution in [1.82, 2.24) is 10.5 Å². The monoisotopic (exact) mass is 288 g/mol. The lowest BCUT2D eigenvalue weighted by atomic mass is 10.1. The molecule has 1 amide bonds. The van der Waals surface area contributed by atoms with Crippen molar-refractivity contribution >= 4 is 5.91 Å². The zero-order valence-electron chi connectivity index (χ0n) is 12.6. The number of carbonyl (C=O) groups excluding carboxylic acids is 1. The van der Waals surface area contributed by atoms with Crippen LogP contribution in [0.4, 0.5) is 0 Å². The Morgan fingerprint density at radius 2 is 2.10 bits per heavy atom. The largest absolute Gasteiger partial charge is 0.374 e. The number of aryl methyl sites for hydroxylation is 1. The van der Waals surface area contributed by atoms with Crippen molar-refractivity contribution < 1.29 is 14.1 Å². The Labute approximate surface area is 124 Å². The minimum absolute atomic E-state index is 0.198. The van der Waals surface area contributed by atoms with Gasteiger partial charge in [-0.1, -0.05) is 29.4 Å². The maximum Gasteiger partial charge on any atom is 0.273 e. The molecule has 0 fully saturated rings. The molecule has 1 aromatic carbocycles. The second-order valence-electron chi connectivity index (χ2n) is 5.19. The van der Waals surface area contributed by atoms with E-state index in [-0.39, 0.29) is 12.0 Å². The molecule has 0 aliphatic heterocycles. The lowest BCUT2D eigenvalue weighted by Crippen LogP contribution is -2.23. The second-order valence-corrected chi connectivity index (χ2v) is 5.19. The molecule has 2 rings (SSSR count). The van der Waals surface area contributed by atoms with Crippen molar-refractivity contribution in [2.45, 2.75) is 40.0 Å². The standard InChI is InChI=1S/C16H20N2O3/c1-11(2)20-10-14-6-4-5-13(8-14)9-17-16(19)15-7-12(3)21-18-15/h4-8,11H,9-10H2,1-3H3,(H,17,19). The third-order valence-corrected chi connectivity index (χ3v) is 2.89. The summed E-state index contributed by atoms with van der Waals surface area (Å²) in [5.41, 5.74) is 2.41. The van der Waals surface area contributed by atoms with Crippen LogP contribution in [0.5, 0.6) is 0 Å². The number of nitrogens with one attached hydrogen (secondary N) is 1. The van der Waals surface area contributed by atoms with Crippen LogP contribution in [-0.4, -0.2) is 17.2 Å². The summed E-state index contributed by atoms with van der Waals surface area (Å²) in [5.74, 6) is 0.378. The van der Waals surface area contributed by atoms with Crippen molar-refractivity contribution in [1.29, 1.82) is 0 Å². The molecule has 1 aromatic heterocycles. The molecule has 0 radical (unpaired) electrons. The first-order chi connectivity index (χ1) is 10.0. The fourth-order valence-corrected chi connectivity index (χ4v) is 1.84. The van der Waals surface area contributed by atoms with E-state index in [0.29, 0.717) is 24.6 Å². The van der Waals surface area contributed by atoms with Crippen LogP contribution in [0.2, 0.25) is 0 Å². The van der Waals surface area contributed by atoms with Crippen LogP contribution in [0.1, 0.15) is 41.2 Å². The van der Waals surface area contributed by atoms with Gasteiger partial charge in [0.25, 0.3) is 5.91 Å². The van der Waals surface area contributed by atoms with E-state index in [9.17, 15) is 4.79 Å². The molecule has 0 bridgehead atoms. The van der Waals surface area contributed by atoms with Crippen LogP contribution >= 0.6 is 0 Å². The smallest absolute Gasteiger partial charge is 0.273 e. The highest BCUT2D eigenvalue weighted by atomic mass is 16.5. The summed E-state index contributed by atoms with van der Waals surface area (Å²) in [7, 11) is 0. The van der Waals surface area contributed by atoms with Gasteiger partial charge in [-0.15, -0.1) is 0 Å². The summed E-state index contributed by atoms with van der Waals surface area (Å²) < 4.78 is 10.5. The molecule has 21 heavy (non-hydrogen) atoms. The van der Waals surface area contributed by atoms with E-state index in [0.717, 1.165) is 11.1 Å². The molecule has 0 aliphatic rings. The quantitative estimate of drug-likeness (QED) is 0.887. The average Bonchev–Trinajstić information content (AvgIpc) is 2.90. The zero-order chi connectivity index (χ0) is 15.2. The van der Waals surface area contributed by atoms with E-state index in [1.807, 2.05) is 38.1 Å². The molecular formula is C16H20N2O3. The minimum atomic E-state index is -0.240. The zero-order valence-corrected chi connectivity index (χ0v) is 12.6. The van der Waals surface area contributed by atoms with Crippen molar-refractivity contribution in [3.05, 3.63) is 52.9 Å². The van der Waals surface area contributed by atoms with Gasteiger partial charge < -0.3 is 14.6 Å². The van der Waals surface area contributed by atoms with E-state index in [1.165, 1.54) is 0 Å². The Kier molecular flexibility index (Phi) is 5.11. The second kappa shape index (κ2) is 7.04. The van der Waals surface area contributed by atoms with E-state index >= 15 is 0 Å². The topological polar surface area (TPSA) is 64.4 Å². The third kappa shape index (κ3) is 4.72. The Morgan fingerprint density at radius 3 is 2.76 bits per heavy atom. The Balaban J connectivity index is 1.91. The number of ether oxygens (including phenoxy) is 1. The van der Waals surface area contributed by atoms with Gasteiger partial charge in [0.1, 0.15) is 5.76 Å². The van der Waals surface area contributed by atoms with Crippen LogP contribution < -0.4 is 5.32 Å². The highest BCUT2D eigenvalue weighted by Gasteiger charge is 2.10. The van der Waals surface area contributed by atoms with Crippen LogP contribution in [0.25, 0.3) is 0 Å². The first kappa shape index (κ1) is 15.3. The highest BCUT2D eigenvalue weighted by molar-refractivity contribution is 5.92. The van der Waals surface area contributed by atoms with Gasteiger partial charge in [-0.25, -0.2) is 0 Å². The Bertz CT molecular complexity index is 605. The predicted octanol–water partition coefficient (Wildman–Crippen LogP) is 2.84. The number of aromatic nitrogens is 1. The lowest BCUT2D eigenvalue weighted by molar-refractivity contribution is 0.0657. The highest BCUT2D eigenvalue weighted by Crippen LogP contribution is 2.08. The van der Waals surface area contributed by atoms with Crippen molar-refractivity contribution in [2.75, 3.05) is 0 Å². The Hall–Kier alpha value is -2.14. The molecule has 0 saturated carbocycles. The number of amides is 1. The SMILES string of the molecule is Cc1cc(C(=O)NCc2cccc(COC(C)C)c2)no1. The molecule has 5 nitrogen and oxygen atoms in total. The number of nitrogens with zero attached hydrogens (tertiary/aromatic N) is 1. The van der Waals surface area contributed by atoms with Gasteiger partial charge in [0.15, 0.2) is 5.69 Å². The molecule has 0 spiro atoms. The van der Waals surface area contributed by atoms with Gasteiger partial charge in [0.05, 0.1) is 12.7 Å². The van der Waals surface area contributed by atoms with Gasteiger partial charge in [0, 0.05) is 12.6 Å². The van der Waals surface area contributed by atoms with E-state index < -0.39 is 0 Å². The fraction of sp³-hybridized carbons (Fsp3) is 0.375. The summed E-state index contributed by atoms with van der Waals surface area (Å²) in [5, 5.41) is 6.51. The molecule has 0 atom stereocenters. The van der Waals surface area contributed by atoms with Gasteiger partial charge in [-0.3, -0.25) is 4.79 Å². The predicted molar refractivity (Wildman–Crippen MR) is 78.8 cm³/mol. The number of carbonyl (C=O) groups is 1. The molecule has 112 valence electrons. The summed E-state index contributed by atoms with van der Waals surface area (Å²) in [6, 6.07) is 9.57. The fourth-order valence-electron chi connectivity index (χ4n) is 1.84. The molecule has 0 unspecified atom stereocenters. The van der Waals surface area contributed by atoms with Crippen LogP contribution in [-0.2, 0) is 17.9 Å². The molecule has 0 saturated heterocycles. The first-order valence-corrected chi connectivity index (χ1v) is 6.95.